The molecule has 1 heterocycles. The number of halogens is 2. The van der Waals surface area contributed by atoms with E-state index in [-0.39, 0.29) is 5.91 Å². The largest absolute Gasteiger partial charge is 0.495 e. The number of ether oxygens (including phenoxy) is 1. The predicted molar refractivity (Wildman–Crippen MR) is 82.4 cm³/mol. The molecule has 3 nitrogen and oxygen atoms in total. The van der Waals surface area contributed by atoms with Crippen LogP contribution in [0.3, 0.4) is 0 Å². The van der Waals surface area contributed by atoms with Crippen LogP contribution in [0.2, 0.25) is 5.02 Å². The Morgan fingerprint density at radius 1 is 1.42 bits per heavy atom. The summed E-state index contributed by atoms with van der Waals surface area (Å²) in [5, 5.41) is 3.35. The Morgan fingerprint density at radius 3 is 2.84 bits per heavy atom. The molecule has 0 unspecified atom stereocenters. The molecule has 0 atom stereocenters. The minimum atomic E-state index is -0.102. The van der Waals surface area contributed by atoms with E-state index in [4.69, 9.17) is 16.3 Å². The molecule has 0 aliphatic rings. The highest BCUT2D eigenvalue weighted by Crippen LogP contribution is 2.28. The van der Waals surface area contributed by atoms with Gasteiger partial charge in [-0.2, -0.15) is 0 Å². The summed E-state index contributed by atoms with van der Waals surface area (Å²) in [6, 6.07) is 8.95. The maximum absolute atomic E-state index is 12.0. The van der Waals surface area contributed by atoms with Crippen molar-refractivity contribution in [1.29, 1.82) is 0 Å². The molecule has 19 heavy (non-hydrogen) atoms. The molecule has 2 rings (SSSR count). The lowest BCUT2D eigenvalue weighted by molar-refractivity contribution is -0.115. The van der Waals surface area contributed by atoms with Gasteiger partial charge in [0.2, 0.25) is 5.91 Å². The topological polar surface area (TPSA) is 38.3 Å². The van der Waals surface area contributed by atoms with E-state index >= 15 is 0 Å². The minimum Gasteiger partial charge on any atom is -0.495 e. The highest BCUT2D eigenvalue weighted by Gasteiger charge is 2.10. The Balaban J connectivity index is 2.08. The highest BCUT2D eigenvalue weighted by molar-refractivity contribution is 9.11. The molecule has 2 aromatic rings. The second-order valence-corrected chi connectivity index (χ2v) is 6.76. The van der Waals surface area contributed by atoms with Gasteiger partial charge in [-0.05, 0) is 46.3 Å². The van der Waals surface area contributed by atoms with Crippen molar-refractivity contribution in [2.24, 2.45) is 0 Å². The number of nitrogens with one attached hydrogen (secondary N) is 1. The number of carbonyl (C=O) groups is 1. The van der Waals surface area contributed by atoms with Gasteiger partial charge in [-0.25, -0.2) is 0 Å². The molecule has 1 amide bonds. The summed E-state index contributed by atoms with van der Waals surface area (Å²) in [5.41, 5.74) is 0.579. The van der Waals surface area contributed by atoms with E-state index < -0.39 is 0 Å². The predicted octanol–water partition coefficient (Wildman–Crippen LogP) is 4.35. The lowest BCUT2D eigenvalue weighted by Gasteiger charge is -2.10. The Kier molecular flexibility index (Phi) is 4.85. The summed E-state index contributed by atoms with van der Waals surface area (Å²) < 4.78 is 6.19. The van der Waals surface area contributed by atoms with Crippen molar-refractivity contribution in [3.63, 3.8) is 0 Å². The monoisotopic (exact) mass is 359 g/mol. The van der Waals surface area contributed by atoms with Crippen LogP contribution in [0.15, 0.2) is 34.1 Å². The highest BCUT2D eigenvalue weighted by atomic mass is 79.9. The molecule has 100 valence electrons. The smallest absolute Gasteiger partial charge is 0.229 e. The molecule has 0 saturated carbocycles. The van der Waals surface area contributed by atoms with Crippen molar-refractivity contribution < 1.29 is 9.53 Å². The summed E-state index contributed by atoms with van der Waals surface area (Å²) in [7, 11) is 1.55. The van der Waals surface area contributed by atoms with Gasteiger partial charge >= 0.3 is 0 Å². The van der Waals surface area contributed by atoms with Crippen LogP contribution in [0.4, 0.5) is 5.69 Å². The Morgan fingerprint density at radius 2 is 2.21 bits per heavy atom. The second kappa shape index (κ2) is 6.41. The number of amides is 1. The Bertz CT molecular complexity index is 600. The number of methoxy groups -OCH3 is 1. The van der Waals surface area contributed by atoms with E-state index in [0.717, 1.165) is 8.66 Å². The zero-order valence-electron chi connectivity index (χ0n) is 10.1. The number of thiophene rings is 1. The fourth-order valence-corrected chi connectivity index (χ4v) is 3.23. The van der Waals surface area contributed by atoms with Crippen molar-refractivity contribution >= 4 is 50.5 Å². The first-order valence-corrected chi connectivity index (χ1v) is 7.45. The van der Waals surface area contributed by atoms with Crippen LogP contribution in [-0.4, -0.2) is 13.0 Å². The maximum atomic E-state index is 12.0. The van der Waals surface area contributed by atoms with Gasteiger partial charge in [0.1, 0.15) is 5.75 Å². The summed E-state index contributed by atoms with van der Waals surface area (Å²) in [4.78, 5) is 12.9. The molecule has 1 aromatic carbocycles. The van der Waals surface area contributed by atoms with Crippen LogP contribution in [-0.2, 0) is 11.2 Å². The van der Waals surface area contributed by atoms with Gasteiger partial charge in [0.25, 0.3) is 0 Å². The number of carbonyl (C=O) groups excluding carboxylic acids is 1. The van der Waals surface area contributed by atoms with Gasteiger partial charge in [-0.3, -0.25) is 4.79 Å². The minimum absolute atomic E-state index is 0.102. The summed E-state index contributed by atoms with van der Waals surface area (Å²) in [6.45, 7) is 0. The number of anilines is 1. The molecule has 6 heteroatoms. The van der Waals surface area contributed by atoms with Crippen LogP contribution in [0.5, 0.6) is 5.75 Å². The first-order valence-electron chi connectivity index (χ1n) is 5.46. The van der Waals surface area contributed by atoms with Crippen LogP contribution in [0.25, 0.3) is 0 Å². The molecule has 0 spiro atoms. The SMILES string of the molecule is COc1ccc(Cl)cc1NC(=O)Cc1ccc(Br)s1. The third-order valence-corrected chi connectivity index (χ3v) is 4.26. The standard InChI is InChI=1S/C13H11BrClNO2S/c1-18-11-4-2-8(15)6-10(11)16-13(17)7-9-3-5-12(14)19-9/h2-6H,7H2,1H3,(H,16,17). The van der Waals surface area contributed by atoms with Crippen LogP contribution >= 0.6 is 38.9 Å². The normalized spacial score (nSPS) is 10.3. The molecular weight excluding hydrogens is 350 g/mol. The van der Waals surface area contributed by atoms with Crippen molar-refractivity contribution in [2.45, 2.75) is 6.42 Å². The van der Waals surface area contributed by atoms with Gasteiger partial charge in [0.15, 0.2) is 0 Å². The molecule has 0 fully saturated rings. The Labute approximate surface area is 128 Å². The van der Waals surface area contributed by atoms with E-state index in [0.29, 0.717) is 22.9 Å². The summed E-state index contributed by atoms with van der Waals surface area (Å²) in [6.07, 6.45) is 0.325. The van der Waals surface area contributed by atoms with Crippen LogP contribution in [0, 0.1) is 0 Å². The van der Waals surface area contributed by atoms with E-state index in [1.54, 1.807) is 25.3 Å². The van der Waals surface area contributed by atoms with E-state index in [1.807, 2.05) is 12.1 Å². The lowest BCUT2D eigenvalue weighted by atomic mass is 10.2. The average Bonchev–Trinajstić information content (AvgIpc) is 2.75. The van der Waals surface area contributed by atoms with E-state index in [1.165, 1.54) is 11.3 Å². The van der Waals surface area contributed by atoms with Crippen LogP contribution < -0.4 is 10.1 Å². The zero-order valence-corrected chi connectivity index (χ0v) is 13.2. The van der Waals surface area contributed by atoms with Gasteiger partial charge in [-0.15, -0.1) is 11.3 Å². The van der Waals surface area contributed by atoms with Crippen molar-refractivity contribution in [2.75, 3.05) is 12.4 Å². The Hall–Kier alpha value is -1.04. The van der Waals surface area contributed by atoms with E-state index in [2.05, 4.69) is 21.2 Å². The first kappa shape index (κ1) is 14.4. The quantitative estimate of drug-likeness (QED) is 0.880. The van der Waals surface area contributed by atoms with Crippen LogP contribution in [0.1, 0.15) is 4.88 Å². The third-order valence-electron chi connectivity index (χ3n) is 2.40. The van der Waals surface area contributed by atoms with Gasteiger partial charge in [0.05, 0.1) is 23.0 Å². The van der Waals surface area contributed by atoms with Gasteiger partial charge < -0.3 is 10.1 Å². The number of hydrogen-bond acceptors (Lipinski definition) is 3. The number of rotatable bonds is 4. The van der Waals surface area contributed by atoms with Gasteiger partial charge in [0, 0.05) is 9.90 Å². The second-order valence-electron chi connectivity index (χ2n) is 3.78. The molecule has 0 saturated heterocycles. The molecule has 0 bridgehead atoms. The van der Waals surface area contributed by atoms with Crippen molar-refractivity contribution in [3.05, 3.63) is 44.0 Å². The molecule has 0 aliphatic heterocycles. The molecular formula is C13H11BrClNO2S. The summed E-state index contributed by atoms with van der Waals surface area (Å²) >= 11 is 10.8. The molecule has 1 aromatic heterocycles. The van der Waals surface area contributed by atoms with Crippen molar-refractivity contribution in [1.82, 2.24) is 0 Å². The first-order chi connectivity index (χ1) is 9.08. The summed E-state index contributed by atoms with van der Waals surface area (Å²) in [5.74, 6) is 0.486. The van der Waals surface area contributed by atoms with Crippen molar-refractivity contribution in [3.8, 4) is 5.75 Å². The fraction of sp³-hybridized carbons (Fsp3) is 0.154. The lowest BCUT2D eigenvalue weighted by Crippen LogP contribution is -2.14. The molecule has 1 N–H and O–H groups in total. The zero-order chi connectivity index (χ0) is 13.8. The van der Waals surface area contributed by atoms with Gasteiger partial charge in [-0.1, -0.05) is 11.6 Å². The average molecular weight is 361 g/mol. The molecule has 0 aliphatic carbocycles. The molecule has 0 radical (unpaired) electrons. The number of benzene rings is 1. The van der Waals surface area contributed by atoms with E-state index in [9.17, 15) is 4.79 Å². The third kappa shape index (κ3) is 3.96. The number of hydrogen-bond donors (Lipinski definition) is 1. The maximum Gasteiger partial charge on any atom is 0.229 e. The fourth-order valence-electron chi connectivity index (χ4n) is 1.58.